The fraction of sp³-hybridized carbons (Fsp3) is 0.130. The summed E-state index contributed by atoms with van der Waals surface area (Å²) in [5.74, 6) is 0.114. The van der Waals surface area contributed by atoms with Gasteiger partial charge in [-0.3, -0.25) is 9.69 Å². The summed E-state index contributed by atoms with van der Waals surface area (Å²) in [5, 5.41) is 8.58. The highest BCUT2D eigenvalue weighted by molar-refractivity contribution is 6.31. The third kappa shape index (κ3) is 3.80. The van der Waals surface area contributed by atoms with Gasteiger partial charge in [-0.15, -0.1) is 10.2 Å². The van der Waals surface area contributed by atoms with Gasteiger partial charge in [0.1, 0.15) is 17.3 Å². The fourth-order valence-corrected chi connectivity index (χ4v) is 4.41. The molecule has 4 aromatic rings. The number of alkyl halides is 3. The molecule has 1 aliphatic rings. The molecule has 34 heavy (non-hydrogen) atoms. The van der Waals surface area contributed by atoms with Crippen LogP contribution in [0, 0.1) is 0 Å². The lowest BCUT2D eigenvalue weighted by molar-refractivity contribution is -0.138. The Labute approximate surface area is 201 Å². The number of anilines is 1. The summed E-state index contributed by atoms with van der Waals surface area (Å²) >= 11 is 12.6. The molecule has 1 aliphatic heterocycles. The molecule has 0 aliphatic carbocycles. The molecule has 0 N–H and O–H groups in total. The average molecular weight is 504 g/mol. The summed E-state index contributed by atoms with van der Waals surface area (Å²) in [7, 11) is 1.79. The van der Waals surface area contributed by atoms with Crippen molar-refractivity contribution in [3.05, 3.63) is 81.7 Å². The Morgan fingerprint density at radius 3 is 2.50 bits per heavy atom. The zero-order valence-electron chi connectivity index (χ0n) is 17.4. The highest BCUT2D eigenvalue weighted by Crippen LogP contribution is 2.40. The number of carbonyl (C=O) groups is 1. The van der Waals surface area contributed by atoms with Crippen molar-refractivity contribution >= 4 is 34.9 Å². The van der Waals surface area contributed by atoms with Crippen LogP contribution in [0.3, 0.4) is 0 Å². The van der Waals surface area contributed by atoms with E-state index in [4.69, 9.17) is 23.2 Å². The Kier molecular flexibility index (Phi) is 5.33. The molecule has 0 spiro atoms. The highest BCUT2D eigenvalue weighted by atomic mass is 35.5. The van der Waals surface area contributed by atoms with Crippen molar-refractivity contribution in [2.75, 3.05) is 4.90 Å². The van der Waals surface area contributed by atoms with E-state index in [1.807, 2.05) is 0 Å². The molecular formula is C23H14Cl2F3N5O. The number of nitrogens with zero attached hydrogens (tertiary/aromatic N) is 5. The van der Waals surface area contributed by atoms with Gasteiger partial charge in [0.15, 0.2) is 5.82 Å². The van der Waals surface area contributed by atoms with Gasteiger partial charge in [-0.05, 0) is 59.2 Å². The number of halogens is 5. The number of pyridine rings is 1. The van der Waals surface area contributed by atoms with Crippen molar-refractivity contribution in [1.29, 1.82) is 0 Å². The molecule has 6 nitrogen and oxygen atoms in total. The molecule has 11 heteroatoms. The third-order valence-corrected chi connectivity index (χ3v) is 6.00. The summed E-state index contributed by atoms with van der Waals surface area (Å²) in [5.41, 5.74) is 0.964. The predicted octanol–water partition coefficient (Wildman–Crippen LogP) is 6.03. The van der Waals surface area contributed by atoms with E-state index in [0.717, 1.165) is 6.07 Å². The molecule has 2 aromatic carbocycles. The summed E-state index contributed by atoms with van der Waals surface area (Å²) in [6.45, 7) is -0.275. The third-order valence-electron chi connectivity index (χ3n) is 5.58. The predicted molar refractivity (Wildman–Crippen MR) is 122 cm³/mol. The van der Waals surface area contributed by atoms with Crippen LogP contribution in [0.15, 0.2) is 54.9 Å². The Morgan fingerprint density at radius 1 is 1.00 bits per heavy atom. The van der Waals surface area contributed by atoms with Crippen LogP contribution in [-0.2, 0) is 19.8 Å². The first-order valence-electron chi connectivity index (χ1n) is 9.96. The smallest absolute Gasteiger partial charge is 0.317 e. The SMILES string of the molecule is Cn1cnnc1-c1ccc(Cl)cc1-c1cc(Cl)nc(N2Cc3c(cccc3C(F)(F)F)C2=O)c1. The Morgan fingerprint density at radius 2 is 1.79 bits per heavy atom. The highest BCUT2D eigenvalue weighted by Gasteiger charge is 2.40. The van der Waals surface area contributed by atoms with Gasteiger partial charge in [0.05, 0.1) is 12.1 Å². The quantitative estimate of drug-likeness (QED) is 0.320. The van der Waals surface area contributed by atoms with Crippen LogP contribution in [-0.4, -0.2) is 25.7 Å². The first kappa shape index (κ1) is 22.4. The van der Waals surface area contributed by atoms with Crippen molar-refractivity contribution in [1.82, 2.24) is 19.7 Å². The molecule has 0 unspecified atom stereocenters. The molecule has 172 valence electrons. The number of aryl methyl sites for hydroxylation is 1. The number of hydrogen-bond acceptors (Lipinski definition) is 4. The summed E-state index contributed by atoms with van der Waals surface area (Å²) < 4.78 is 42.3. The first-order valence-corrected chi connectivity index (χ1v) is 10.7. The van der Waals surface area contributed by atoms with Gasteiger partial charge >= 0.3 is 6.18 Å². The molecule has 0 saturated heterocycles. The van der Waals surface area contributed by atoms with Gasteiger partial charge in [0, 0.05) is 23.2 Å². The standard InChI is InChI=1S/C23H14Cl2F3N5O/c1-32-11-29-31-21(32)14-6-5-13(24)9-16(14)12-7-19(25)30-20(8-12)33-10-17-15(22(33)34)3-2-4-18(17)23(26,27)28/h2-9,11H,10H2,1H3. The molecule has 1 amide bonds. The number of rotatable bonds is 3. The van der Waals surface area contributed by atoms with Gasteiger partial charge in [-0.25, -0.2) is 4.98 Å². The maximum atomic E-state index is 13.5. The molecule has 0 atom stereocenters. The molecule has 5 rings (SSSR count). The van der Waals surface area contributed by atoms with E-state index in [1.165, 1.54) is 17.0 Å². The van der Waals surface area contributed by atoms with E-state index < -0.39 is 17.6 Å². The maximum Gasteiger partial charge on any atom is 0.416 e. The fourth-order valence-electron chi connectivity index (χ4n) is 4.04. The first-order chi connectivity index (χ1) is 16.1. The molecular weight excluding hydrogens is 490 g/mol. The van der Waals surface area contributed by atoms with E-state index in [-0.39, 0.29) is 28.6 Å². The average Bonchev–Trinajstić information content (AvgIpc) is 3.35. The topological polar surface area (TPSA) is 63.9 Å². The van der Waals surface area contributed by atoms with E-state index in [2.05, 4.69) is 15.2 Å². The minimum absolute atomic E-state index is 0.0133. The van der Waals surface area contributed by atoms with E-state index >= 15 is 0 Å². The van der Waals surface area contributed by atoms with Gasteiger partial charge < -0.3 is 4.57 Å². The summed E-state index contributed by atoms with van der Waals surface area (Å²) in [4.78, 5) is 18.4. The number of benzene rings is 2. The van der Waals surface area contributed by atoms with Crippen LogP contribution < -0.4 is 4.90 Å². The van der Waals surface area contributed by atoms with Crippen LogP contribution in [0.5, 0.6) is 0 Å². The lowest BCUT2D eigenvalue weighted by Crippen LogP contribution is -2.24. The van der Waals surface area contributed by atoms with Gasteiger partial charge in [0.25, 0.3) is 5.91 Å². The van der Waals surface area contributed by atoms with Crippen LogP contribution in [0.1, 0.15) is 21.5 Å². The Bertz CT molecular complexity index is 1450. The van der Waals surface area contributed by atoms with Crippen molar-refractivity contribution in [3.8, 4) is 22.5 Å². The minimum Gasteiger partial charge on any atom is -0.317 e. The van der Waals surface area contributed by atoms with Gasteiger partial charge in [0.2, 0.25) is 0 Å². The van der Waals surface area contributed by atoms with E-state index in [0.29, 0.717) is 27.5 Å². The lowest BCUT2D eigenvalue weighted by Gasteiger charge is -2.18. The molecule has 0 saturated carbocycles. The van der Waals surface area contributed by atoms with Crippen molar-refractivity contribution < 1.29 is 18.0 Å². The lowest BCUT2D eigenvalue weighted by atomic mass is 9.99. The maximum absolute atomic E-state index is 13.5. The minimum atomic E-state index is -4.58. The number of fused-ring (bicyclic) bond motifs is 1. The van der Waals surface area contributed by atoms with Crippen LogP contribution in [0.25, 0.3) is 22.5 Å². The second-order valence-electron chi connectivity index (χ2n) is 7.71. The number of carbonyl (C=O) groups excluding carboxylic acids is 1. The zero-order valence-corrected chi connectivity index (χ0v) is 18.9. The van der Waals surface area contributed by atoms with E-state index in [1.54, 1.807) is 48.3 Å². The van der Waals surface area contributed by atoms with Crippen LogP contribution >= 0.6 is 23.2 Å². The summed E-state index contributed by atoms with van der Waals surface area (Å²) in [6, 6.07) is 11.9. The monoisotopic (exact) mass is 503 g/mol. The van der Waals surface area contributed by atoms with Gasteiger partial charge in [-0.1, -0.05) is 29.3 Å². The number of amides is 1. The second kappa shape index (κ2) is 8.11. The molecule has 0 radical (unpaired) electrons. The number of aromatic nitrogens is 4. The second-order valence-corrected chi connectivity index (χ2v) is 8.54. The largest absolute Gasteiger partial charge is 0.416 e. The van der Waals surface area contributed by atoms with Crippen LogP contribution in [0.2, 0.25) is 10.2 Å². The van der Waals surface area contributed by atoms with Gasteiger partial charge in [-0.2, -0.15) is 13.2 Å². The van der Waals surface area contributed by atoms with Crippen molar-refractivity contribution in [3.63, 3.8) is 0 Å². The Balaban J connectivity index is 1.62. The summed E-state index contributed by atoms with van der Waals surface area (Å²) in [6.07, 6.45) is -3.03. The zero-order chi connectivity index (χ0) is 24.2. The van der Waals surface area contributed by atoms with Crippen molar-refractivity contribution in [2.24, 2.45) is 7.05 Å². The number of hydrogen-bond donors (Lipinski definition) is 0. The molecule has 0 fully saturated rings. The van der Waals surface area contributed by atoms with Crippen LogP contribution in [0.4, 0.5) is 19.0 Å². The molecule has 2 aromatic heterocycles. The molecule has 0 bridgehead atoms. The van der Waals surface area contributed by atoms with Crippen molar-refractivity contribution in [2.45, 2.75) is 12.7 Å². The molecule has 3 heterocycles. The normalized spacial score (nSPS) is 13.5. The Hall–Kier alpha value is -3.43. The van der Waals surface area contributed by atoms with E-state index in [9.17, 15) is 18.0 Å².